The van der Waals surface area contributed by atoms with Gasteiger partial charge in [0.1, 0.15) is 0 Å². The highest BCUT2D eigenvalue weighted by molar-refractivity contribution is 5.85. The Morgan fingerprint density at radius 1 is 1.00 bits per heavy atom. The monoisotopic (exact) mass is 397 g/mol. The summed E-state index contributed by atoms with van der Waals surface area (Å²) in [6.07, 6.45) is 11.9. The van der Waals surface area contributed by atoms with Crippen molar-refractivity contribution >= 4 is 35.7 Å². The van der Waals surface area contributed by atoms with Crippen molar-refractivity contribution in [2.75, 3.05) is 19.6 Å². The number of nitrogens with zero attached hydrogens (tertiary/aromatic N) is 1. The van der Waals surface area contributed by atoms with Gasteiger partial charge in [-0.3, -0.25) is 0 Å². The van der Waals surface area contributed by atoms with Gasteiger partial charge in [-0.1, -0.05) is 18.2 Å². The molecule has 1 saturated heterocycles. The molecule has 2 fully saturated rings. The van der Waals surface area contributed by atoms with Gasteiger partial charge in [0.15, 0.2) is 0 Å². The van der Waals surface area contributed by atoms with Gasteiger partial charge in [0.25, 0.3) is 0 Å². The lowest BCUT2D eigenvalue weighted by atomic mass is 9.67. The highest BCUT2D eigenvalue weighted by Gasteiger charge is 2.35. The number of piperidine rings is 1. The number of halogens is 2. The largest absolute Gasteiger partial charge is 0.347 e. The van der Waals surface area contributed by atoms with Gasteiger partial charge < -0.3 is 15.2 Å². The van der Waals surface area contributed by atoms with Gasteiger partial charge >= 0.3 is 0 Å². The third-order valence-electron chi connectivity index (χ3n) is 6.40. The summed E-state index contributed by atoms with van der Waals surface area (Å²) < 4.78 is 2.39. The Kier molecular flexibility index (Phi) is 8.28. The first kappa shape index (κ1) is 21.6. The molecule has 0 bridgehead atoms. The van der Waals surface area contributed by atoms with Gasteiger partial charge in [-0.05, 0) is 87.5 Å². The lowest BCUT2D eigenvalue weighted by Crippen LogP contribution is -2.43. The van der Waals surface area contributed by atoms with Gasteiger partial charge in [-0.15, -0.1) is 24.8 Å². The predicted molar refractivity (Wildman–Crippen MR) is 116 cm³/mol. The molecule has 26 heavy (non-hydrogen) atoms. The van der Waals surface area contributed by atoms with E-state index in [2.05, 4.69) is 51.7 Å². The van der Waals surface area contributed by atoms with Crippen molar-refractivity contribution in [2.45, 2.75) is 57.5 Å². The molecule has 0 radical (unpaired) electrons. The van der Waals surface area contributed by atoms with Crippen LogP contribution in [0.5, 0.6) is 0 Å². The van der Waals surface area contributed by atoms with Crippen LogP contribution in [0.1, 0.15) is 44.9 Å². The SMILES string of the molecule is Cl.Cl.c1ccc2c(c1)ccn2CCCNC1CCC2(CCNCC2)CC1. The lowest BCUT2D eigenvalue weighted by molar-refractivity contribution is 0.115. The summed E-state index contributed by atoms with van der Waals surface area (Å²) in [5.74, 6) is 0. The molecule has 4 rings (SSSR count). The molecule has 0 atom stereocenters. The minimum absolute atomic E-state index is 0. The van der Waals surface area contributed by atoms with Crippen LogP contribution in [0.25, 0.3) is 10.9 Å². The van der Waals surface area contributed by atoms with Crippen molar-refractivity contribution in [3.05, 3.63) is 36.5 Å². The molecular weight excluding hydrogens is 365 g/mol. The molecule has 5 heteroatoms. The summed E-state index contributed by atoms with van der Waals surface area (Å²) in [7, 11) is 0. The standard InChI is InChI=1S/C21H31N3.2ClH/c1-2-5-20-18(4-1)8-17-24(20)16-3-13-23-19-6-9-21(10-7-19)11-14-22-15-12-21;;/h1-2,4-5,8,17,19,22-23H,3,6-7,9-16H2;2*1H. The third-order valence-corrected chi connectivity index (χ3v) is 6.40. The fourth-order valence-corrected chi connectivity index (χ4v) is 4.78. The minimum atomic E-state index is 0. The third kappa shape index (κ3) is 4.95. The van der Waals surface area contributed by atoms with E-state index in [1.807, 2.05) is 0 Å². The van der Waals surface area contributed by atoms with E-state index < -0.39 is 0 Å². The van der Waals surface area contributed by atoms with Crippen molar-refractivity contribution in [3.63, 3.8) is 0 Å². The molecule has 1 aromatic carbocycles. The van der Waals surface area contributed by atoms with E-state index in [4.69, 9.17) is 0 Å². The molecule has 2 N–H and O–H groups in total. The average molecular weight is 398 g/mol. The number of hydrogen-bond donors (Lipinski definition) is 2. The van der Waals surface area contributed by atoms with Crippen LogP contribution in [0.4, 0.5) is 0 Å². The molecule has 2 aromatic rings. The highest BCUT2D eigenvalue weighted by atomic mass is 35.5. The Hall–Kier alpha value is -0.740. The zero-order valence-corrected chi connectivity index (χ0v) is 17.2. The predicted octanol–water partition coefficient (Wildman–Crippen LogP) is 4.78. The number of aromatic nitrogens is 1. The maximum atomic E-state index is 3.83. The zero-order valence-electron chi connectivity index (χ0n) is 15.6. The summed E-state index contributed by atoms with van der Waals surface area (Å²) in [5, 5.41) is 8.69. The molecule has 0 unspecified atom stereocenters. The first-order valence-corrected chi connectivity index (χ1v) is 9.83. The van der Waals surface area contributed by atoms with Crippen LogP contribution in [0.2, 0.25) is 0 Å². The second kappa shape index (κ2) is 9.98. The summed E-state index contributed by atoms with van der Waals surface area (Å²) in [5.41, 5.74) is 2.05. The van der Waals surface area contributed by atoms with Crippen molar-refractivity contribution in [2.24, 2.45) is 5.41 Å². The Morgan fingerprint density at radius 2 is 1.73 bits per heavy atom. The van der Waals surface area contributed by atoms with Gasteiger partial charge in [0.2, 0.25) is 0 Å². The number of aryl methyl sites for hydroxylation is 1. The molecule has 1 spiro atoms. The highest BCUT2D eigenvalue weighted by Crippen LogP contribution is 2.43. The van der Waals surface area contributed by atoms with E-state index in [1.165, 1.54) is 68.9 Å². The quantitative estimate of drug-likeness (QED) is 0.710. The average Bonchev–Trinajstić information content (AvgIpc) is 3.04. The lowest BCUT2D eigenvalue weighted by Gasteiger charge is -2.43. The molecule has 1 aliphatic heterocycles. The van der Waals surface area contributed by atoms with Crippen LogP contribution in [0, 0.1) is 5.41 Å². The molecule has 0 amide bonds. The number of benzene rings is 1. The fraction of sp³-hybridized carbons (Fsp3) is 0.619. The zero-order chi connectivity index (χ0) is 16.2. The first-order chi connectivity index (χ1) is 11.8. The second-order valence-corrected chi connectivity index (χ2v) is 7.90. The van der Waals surface area contributed by atoms with E-state index in [9.17, 15) is 0 Å². The van der Waals surface area contributed by atoms with Crippen LogP contribution >= 0.6 is 24.8 Å². The number of nitrogens with one attached hydrogen (secondary N) is 2. The van der Waals surface area contributed by atoms with E-state index in [-0.39, 0.29) is 24.8 Å². The van der Waals surface area contributed by atoms with E-state index in [1.54, 1.807) is 0 Å². The summed E-state index contributed by atoms with van der Waals surface area (Å²) in [6.45, 7) is 4.74. The van der Waals surface area contributed by atoms with Gasteiger partial charge in [-0.2, -0.15) is 0 Å². The van der Waals surface area contributed by atoms with Crippen molar-refractivity contribution in [1.82, 2.24) is 15.2 Å². The number of fused-ring (bicyclic) bond motifs is 1. The van der Waals surface area contributed by atoms with Crippen molar-refractivity contribution in [3.8, 4) is 0 Å². The van der Waals surface area contributed by atoms with Gasteiger partial charge in [0, 0.05) is 24.3 Å². The molecule has 2 aliphatic rings. The molecule has 1 aromatic heterocycles. The summed E-state index contributed by atoms with van der Waals surface area (Å²) >= 11 is 0. The van der Waals surface area contributed by atoms with Crippen molar-refractivity contribution in [1.29, 1.82) is 0 Å². The molecular formula is C21H33Cl2N3. The maximum absolute atomic E-state index is 3.83. The van der Waals surface area contributed by atoms with Gasteiger partial charge in [-0.25, -0.2) is 0 Å². The smallest absolute Gasteiger partial charge is 0.0480 e. The van der Waals surface area contributed by atoms with Crippen LogP contribution in [0.3, 0.4) is 0 Å². The Bertz CT molecular complexity index is 654. The Morgan fingerprint density at radius 3 is 2.50 bits per heavy atom. The minimum Gasteiger partial charge on any atom is -0.347 e. The van der Waals surface area contributed by atoms with Crippen LogP contribution in [-0.4, -0.2) is 30.2 Å². The molecule has 146 valence electrons. The number of rotatable bonds is 5. The summed E-state index contributed by atoms with van der Waals surface area (Å²) in [6, 6.07) is 11.7. The molecule has 1 aliphatic carbocycles. The normalized spacial score (nSPS) is 19.8. The van der Waals surface area contributed by atoms with Crippen LogP contribution in [-0.2, 0) is 6.54 Å². The molecule has 2 heterocycles. The van der Waals surface area contributed by atoms with E-state index in [0.29, 0.717) is 5.41 Å². The molecule has 3 nitrogen and oxygen atoms in total. The number of hydrogen-bond acceptors (Lipinski definition) is 2. The number of para-hydroxylation sites is 1. The fourth-order valence-electron chi connectivity index (χ4n) is 4.78. The van der Waals surface area contributed by atoms with Crippen molar-refractivity contribution < 1.29 is 0 Å². The van der Waals surface area contributed by atoms with Crippen LogP contribution < -0.4 is 10.6 Å². The maximum Gasteiger partial charge on any atom is 0.0480 e. The summed E-state index contributed by atoms with van der Waals surface area (Å²) in [4.78, 5) is 0. The molecule has 1 saturated carbocycles. The Labute approximate surface area is 170 Å². The van der Waals surface area contributed by atoms with Gasteiger partial charge in [0.05, 0.1) is 0 Å². The Balaban J connectivity index is 0.00000121. The second-order valence-electron chi connectivity index (χ2n) is 7.90. The topological polar surface area (TPSA) is 29.0 Å². The van der Waals surface area contributed by atoms with E-state index in [0.717, 1.165) is 19.1 Å². The van der Waals surface area contributed by atoms with Crippen LogP contribution in [0.15, 0.2) is 36.5 Å². The van der Waals surface area contributed by atoms with E-state index >= 15 is 0 Å². The first-order valence-electron chi connectivity index (χ1n) is 9.83.